The van der Waals surface area contributed by atoms with E-state index in [0.717, 1.165) is 19.3 Å². The van der Waals surface area contributed by atoms with E-state index in [4.69, 9.17) is 15.9 Å². The second kappa shape index (κ2) is 6.18. The number of aliphatic hydroxyl groups excluding tert-OH is 1. The van der Waals surface area contributed by atoms with Gasteiger partial charge in [0.25, 0.3) is 0 Å². The van der Waals surface area contributed by atoms with Crippen molar-refractivity contribution in [2.24, 2.45) is 5.73 Å². The normalized spacial score (nSPS) is 22.8. The maximum atomic E-state index is 11.9. The van der Waals surface area contributed by atoms with Crippen molar-refractivity contribution in [2.45, 2.75) is 57.4 Å². The third-order valence-electron chi connectivity index (χ3n) is 3.11. The number of nitrogens with zero attached hydrogens (tertiary/aromatic N) is 1. The van der Waals surface area contributed by atoms with E-state index in [0.29, 0.717) is 19.4 Å². The number of amides is 1. The molecule has 4 N–H and O–H groups in total. The Balaban J connectivity index is 2.51. The van der Waals surface area contributed by atoms with Crippen molar-refractivity contribution in [1.29, 1.82) is 0 Å². The molecule has 0 saturated carbocycles. The highest BCUT2D eigenvalue weighted by atomic mass is 16.5. The molecule has 0 aromatic heterocycles. The molecule has 16 heavy (non-hydrogen) atoms. The molecule has 0 radical (unpaired) electrons. The second-order valence-electron chi connectivity index (χ2n) is 4.40. The number of carbonyl (C=O) groups is 1. The first-order valence-electron chi connectivity index (χ1n) is 6.00. The number of unbranched alkanes of at least 4 members (excludes halogenated alkanes) is 1. The van der Waals surface area contributed by atoms with Crippen molar-refractivity contribution in [2.75, 3.05) is 6.54 Å². The van der Waals surface area contributed by atoms with Crippen LogP contribution in [0.25, 0.3) is 0 Å². The molecular formula is C11H22N2O3. The lowest BCUT2D eigenvalue weighted by atomic mass is 10.1. The van der Waals surface area contributed by atoms with Crippen molar-refractivity contribution < 1.29 is 15.0 Å². The number of aliphatic hydroxyl groups is 2. The molecule has 0 aromatic carbocycles. The van der Waals surface area contributed by atoms with Gasteiger partial charge in [0.2, 0.25) is 5.91 Å². The molecule has 1 heterocycles. The van der Waals surface area contributed by atoms with Gasteiger partial charge in [-0.25, -0.2) is 0 Å². The first-order valence-corrected chi connectivity index (χ1v) is 6.00. The Kier molecular flexibility index (Phi) is 5.18. The fourth-order valence-corrected chi connectivity index (χ4v) is 2.14. The molecule has 0 aliphatic carbocycles. The van der Waals surface area contributed by atoms with Gasteiger partial charge in [0.05, 0.1) is 12.1 Å². The summed E-state index contributed by atoms with van der Waals surface area (Å²) in [4.78, 5) is 13.5. The lowest BCUT2D eigenvalue weighted by Crippen LogP contribution is -2.49. The number of likely N-dealkylation sites (tertiary alicyclic amines) is 1. The summed E-state index contributed by atoms with van der Waals surface area (Å²) in [7, 11) is 0. The van der Waals surface area contributed by atoms with Crippen LogP contribution in [0.4, 0.5) is 0 Å². The summed E-state index contributed by atoms with van der Waals surface area (Å²) in [6.45, 7) is 2.63. The second-order valence-corrected chi connectivity index (χ2v) is 4.40. The monoisotopic (exact) mass is 230 g/mol. The van der Waals surface area contributed by atoms with Crippen molar-refractivity contribution in [3.05, 3.63) is 0 Å². The minimum atomic E-state index is -1.45. The Bertz CT molecular complexity index is 233. The molecule has 0 aromatic rings. The maximum absolute atomic E-state index is 11.9. The van der Waals surface area contributed by atoms with Crippen molar-refractivity contribution in [1.82, 2.24) is 4.90 Å². The molecule has 1 saturated heterocycles. The van der Waals surface area contributed by atoms with Crippen molar-refractivity contribution in [3.63, 3.8) is 0 Å². The molecule has 94 valence electrons. The SMILES string of the molecule is CCCC[C@H](N)C(=O)N1CCC[C@H]1C(O)O. The Morgan fingerprint density at radius 3 is 2.81 bits per heavy atom. The fourth-order valence-electron chi connectivity index (χ4n) is 2.14. The summed E-state index contributed by atoms with van der Waals surface area (Å²) in [5.74, 6) is -0.149. The smallest absolute Gasteiger partial charge is 0.239 e. The quantitative estimate of drug-likeness (QED) is 0.571. The minimum Gasteiger partial charge on any atom is -0.366 e. The van der Waals surface area contributed by atoms with Crippen LogP contribution in [0.5, 0.6) is 0 Å². The number of carbonyl (C=O) groups excluding carboxylic acids is 1. The molecule has 0 spiro atoms. The van der Waals surface area contributed by atoms with E-state index in [-0.39, 0.29) is 5.91 Å². The highest BCUT2D eigenvalue weighted by Crippen LogP contribution is 2.20. The molecule has 0 bridgehead atoms. The van der Waals surface area contributed by atoms with Crippen molar-refractivity contribution >= 4 is 5.91 Å². The van der Waals surface area contributed by atoms with Crippen LogP contribution in [0.3, 0.4) is 0 Å². The van der Waals surface area contributed by atoms with E-state index in [9.17, 15) is 4.79 Å². The molecule has 1 aliphatic heterocycles. The molecule has 5 heteroatoms. The summed E-state index contributed by atoms with van der Waals surface area (Å²) < 4.78 is 0. The summed E-state index contributed by atoms with van der Waals surface area (Å²) >= 11 is 0. The molecular weight excluding hydrogens is 208 g/mol. The van der Waals surface area contributed by atoms with E-state index in [1.807, 2.05) is 6.92 Å². The zero-order valence-corrected chi connectivity index (χ0v) is 9.80. The predicted molar refractivity (Wildman–Crippen MR) is 60.5 cm³/mol. The number of rotatable bonds is 5. The Morgan fingerprint density at radius 2 is 2.25 bits per heavy atom. The van der Waals surface area contributed by atoms with Gasteiger partial charge in [0.1, 0.15) is 0 Å². The van der Waals surface area contributed by atoms with E-state index < -0.39 is 18.4 Å². The Hall–Kier alpha value is -0.650. The number of hydrogen-bond donors (Lipinski definition) is 3. The van der Waals surface area contributed by atoms with Crippen LogP contribution in [-0.4, -0.2) is 45.9 Å². The molecule has 1 amide bonds. The van der Waals surface area contributed by atoms with Gasteiger partial charge < -0.3 is 20.8 Å². The molecule has 2 atom stereocenters. The summed E-state index contributed by atoms with van der Waals surface area (Å²) in [6.07, 6.45) is 2.60. The zero-order valence-electron chi connectivity index (χ0n) is 9.80. The Labute approximate surface area is 96.2 Å². The summed E-state index contributed by atoms with van der Waals surface area (Å²) in [6, 6.07) is -0.973. The van der Waals surface area contributed by atoms with Crippen LogP contribution in [0, 0.1) is 0 Å². The first kappa shape index (κ1) is 13.4. The lowest BCUT2D eigenvalue weighted by Gasteiger charge is -2.28. The maximum Gasteiger partial charge on any atom is 0.239 e. The van der Waals surface area contributed by atoms with Crippen molar-refractivity contribution in [3.8, 4) is 0 Å². The zero-order chi connectivity index (χ0) is 12.1. The van der Waals surface area contributed by atoms with Gasteiger partial charge in [0.15, 0.2) is 6.29 Å². The van der Waals surface area contributed by atoms with Crippen LogP contribution in [0.1, 0.15) is 39.0 Å². The molecule has 1 fully saturated rings. The minimum absolute atomic E-state index is 0.149. The average Bonchev–Trinajstić information content (AvgIpc) is 2.73. The standard InChI is InChI=1S/C11H22N2O3/c1-2-3-5-8(12)10(14)13-7-4-6-9(13)11(15)16/h8-9,11,15-16H,2-7,12H2,1H3/t8-,9-/m0/s1. The largest absolute Gasteiger partial charge is 0.366 e. The van der Waals surface area contributed by atoms with Crippen LogP contribution < -0.4 is 5.73 Å². The molecule has 1 aliphatic rings. The van der Waals surface area contributed by atoms with Crippen LogP contribution in [0.2, 0.25) is 0 Å². The number of hydrogen-bond acceptors (Lipinski definition) is 4. The molecule has 5 nitrogen and oxygen atoms in total. The van der Waals surface area contributed by atoms with E-state index in [1.54, 1.807) is 0 Å². The average molecular weight is 230 g/mol. The third-order valence-corrected chi connectivity index (χ3v) is 3.11. The van der Waals surface area contributed by atoms with Crippen LogP contribution in [-0.2, 0) is 4.79 Å². The molecule has 1 rings (SSSR count). The predicted octanol–water partition coefficient (Wildman–Crippen LogP) is -0.194. The fraction of sp³-hybridized carbons (Fsp3) is 0.909. The van der Waals surface area contributed by atoms with Gasteiger partial charge >= 0.3 is 0 Å². The Morgan fingerprint density at radius 1 is 1.56 bits per heavy atom. The summed E-state index contributed by atoms with van der Waals surface area (Å²) in [5.41, 5.74) is 5.79. The highest BCUT2D eigenvalue weighted by Gasteiger charge is 2.34. The van der Waals surface area contributed by atoms with Gasteiger partial charge in [-0.3, -0.25) is 4.79 Å². The van der Waals surface area contributed by atoms with Crippen LogP contribution in [0.15, 0.2) is 0 Å². The highest BCUT2D eigenvalue weighted by molar-refractivity contribution is 5.82. The topological polar surface area (TPSA) is 86.8 Å². The van der Waals surface area contributed by atoms with Gasteiger partial charge in [-0.1, -0.05) is 19.8 Å². The van der Waals surface area contributed by atoms with Gasteiger partial charge in [-0.2, -0.15) is 0 Å². The van der Waals surface area contributed by atoms with E-state index in [1.165, 1.54) is 4.90 Å². The summed E-state index contributed by atoms with van der Waals surface area (Å²) in [5, 5.41) is 18.3. The van der Waals surface area contributed by atoms with E-state index >= 15 is 0 Å². The molecule has 0 unspecified atom stereocenters. The van der Waals surface area contributed by atoms with Crippen LogP contribution >= 0.6 is 0 Å². The van der Waals surface area contributed by atoms with E-state index in [2.05, 4.69) is 0 Å². The first-order chi connectivity index (χ1) is 7.57. The lowest BCUT2D eigenvalue weighted by molar-refractivity contribution is -0.144. The number of nitrogens with two attached hydrogens (primary N) is 1. The van der Waals surface area contributed by atoms with Gasteiger partial charge in [-0.05, 0) is 19.3 Å². The third kappa shape index (κ3) is 3.17. The van der Waals surface area contributed by atoms with Gasteiger partial charge in [-0.15, -0.1) is 0 Å². The van der Waals surface area contributed by atoms with Gasteiger partial charge in [0, 0.05) is 6.54 Å².